The topological polar surface area (TPSA) is 88.8 Å². The molecule has 11 heteroatoms. The van der Waals surface area contributed by atoms with Crippen LogP contribution in [-0.2, 0) is 17.8 Å². The fraction of sp³-hybridized carbons (Fsp3) is 0.533. The maximum atomic E-state index is 14.8. The van der Waals surface area contributed by atoms with E-state index in [1.54, 1.807) is 9.80 Å². The summed E-state index contributed by atoms with van der Waals surface area (Å²) < 4.78 is 35.8. The average Bonchev–Trinajstić information content (AvgIpc) is 3.73. The van der Waals surface area contributed by atoms with E-state index in [2.05, 4.69) is 22.4 Å². The number of hydrogen-bond donors (Lipinski definition) is 0. The van der Waals surface area contributed by atoms with Crippen LogP contribution < -0.4 is 14.5 Å². The zero-order chi connectivity index (χ0) is 29.1. The Morgan fingerprint density at radius 2 is 1.98 bits per heavy atom. The van der Waals surface area contributed by atoms with Crippen molar-refractivity contribution in [2.75, 3.05) is 63.2 Å². The van der Waals surface area contributed by atoms with Gasteiger partial charge in [-0.2, -0.15) is 15.2 Å². The SMILES string of the molecule is C=CC(=O)N1CCN(c2nc(OCC3(CN(C)C)CC3)nc3c2CCCN(c2c(F)cccc2F)C3)C[C@@H]1CC#N. The first-order chi connectivity index (χ1) is 19.7. The average molecular weight is 566 g/mol. The van der Waals surface area contributed by atoms with Gasteiger partial charge in [0.15, 0.2) is 0 Å². The minimum absolute atomic E-state index is 0.0588. The van der Waals surface area contributed by atoms with Crippen LogP contribution in [0.25, 0.3) is 0 Å². The number of benzene rings is 1. The van der Waals surface area contributed by atoms with Crippen LogP contribution in [0.4, 0.5) is 20.3 Å². The number of anilines is 2. The second-order valence-corrected chi connectivity index (χ2v) is 11.6. The van der Waals surface area contributed by atoms with Gasteiger partial charge in [0.05, 0.1) is 37.4 Å². The lowest BCUT2D eigenvalue weighted by atomic mass is 10.1. The molecule has 0 bridgehead atoms. The lowest BCUT2D eigenvalue weighted by Crippen LogP contribution is -2.55. The minimum Gasteiger partial charge on any atom is -0.463 e. The lowest BCUT2D eigenvalue weighted by molar-refractivity contribution is -0.128. The molecular weight excluding hydrogens is 528 g/mol. The normalized spacial score (nSPS) is 19.8. The van der Waals surface area contributed by atoms with E-state index < -0.39 is 11.6 Å². The van der Waals surface area contributed by atoms with Crippen molar-refractivity contribution < 1.29 is 18.3 Å². The Bertz CT molecular complexity index is 1320. The number of halogens is 2. The number of fused-ring (bicyclic) bond motifs is 1. The second-order valence-electron chi connectivity index (χ2n) is 11.6. The predicted molar refractivity (Wildman–Crippen MR) is 152 cm³/mol. The molecule has 1 amide bonds. The van der Waals surface area contributed by atoms with Gasteiger partial charge in [-0.15, -0.1) is 0 Å². The zero-order valence-electron chi connectivity index (χ0n) is 23.8. The van der Waals surface area contributed by atoms with Crippen molar-refractivity contribution in [1.29, 1.82) is 5.26 Å². The van der Waals surface area contributed by atoms with E-state index in [9.17, 15) is 18.8 Å². The third kappa shape index (κ3) is 6.27. The molecule has 5 rings (SSSR count). The molecule has 41 heavy (non-hydrogen) atoms. The summed E-state index contributed by atoms with van der Waals surface area (Å²) in [5, 5.41) is 9.47. The van der Waals surface area contributed by atoms with Crippen LogP contribution in [-0.4, -0.2) is 85.1 Å². The Kier molecular flexibility index (Phi) is 8.40. The van der Waals surface area contributed by atoms with Crippen molar-refractivity contribution in [3.05, 3.63) is 53.7 Å². The summed E-state index contributed by atoms with van der Waals surface area (Å²) in [5.41, 5.74) is 1.59. The van der Waals surface area contributed by atoms with Crippen LogP contribution in [0.2, 0.25) is 0 Å². The van der Waals surface area contributed by atoms with E-state index in [1.807, 2.05) is 14.1 Å². The molecule has 3 heterocycles. The lowest BCUT2D eigenvalue weighted by Gasteiger charge is -2.41. The number of ether oxygens (including phenoxy) is 1. The molecule has 1 aromatic heterocycles. The number of carbonyl (C=O) groups excluding carboxylic acids is 1. The molecule has 0 unspecified atom stereocenters. The molecule has 3 aliphatic rings. The van der Waals surface area contributed by atoms with Gasteiger partial charge in [-0.05, 0) is 58.0 Å². The fourth-order valence-electron chi connectivity index (χ4n) is 6.05. The Balaban J connectivity index is 1.49. The highest BCUT2D eigenvalue weighted by Crippen LogP contribution is 2.46. The van der Waals surface area contributed by atoms with Gasteiger partial charge >= 0.3 is 6.01 Å². The number of hydrogen-bond acceptors (Lipinski definition) is 8. The molecule has 2 aromatic rings. The second kappa shape index (κ2) is 12.0. The Hall–Kier alpha value is -3.78. The van der Waals surface area contributed by atoms with Crippen LogP contribution in [0.1, 0.15) is 36.9 Å². The van der Waals surface area contributed by atoms with Gasteiger partial charge in [0.25, 0.3) is 0 Å². The molecule has 1 saturated heterocycles. The number of amides is 1. The van der Waals surface area contributed by atoms with Gasteiger partial charge in [0.1, 0.15) is 23.1 Å². The summed E-state index contributed by atoms with van der Waals surface area (Å²) in [6.45, 7) is 7.01. The van der Waals surface area contributed by atoms with Crippen molar-refractivity contribution in [1.82, 2.24) is 19.8 Å². The summed E-state index contributed by atoms with van der Waals surface area (Å²) in [4.78, 5) is 29.8. The number of rotatable bonds is 9. The quantitative estimate of drug-likeness (QED) is 0.427. The van der Waals surface area contributed by atoms with Crippen molar-refractivity contribution in [3.8, 4) is 12.1 Å². The molecule has 1 saturated carbocycles. The van der Waals surface area contributed by atoms with Gasteiger partial charge in [-0.25, -0.2) is 8.78 Å². The van der Waals surface area contributed by atoms with E-state index in [0.29, 0.717) is 57.1 Å². The monoisotopic (exact) mass is 565 g/mol. The number of carbonyl (C=O) groups is 1. The molecule has 218 valence electrons. The molecule has 2 aliphatic heterocycles. The third-order valence-corrected chi connectivity index (χ3v) is 8.18. The van der Waals surface area contributed by atoms with E-state index in [1.165, 1.54) is 24.3 Å². The van der Waals surface area contributed by atoms with E-state index in [-0.39, 0.29) is 42.0 Å². The van der Waals surface area contributed by atoms with E-state index in [0.717, 1.165) is 24.9 Å². The molecule has 0 radical (unpaired) electrons. The first-order valence-electron chi connectivity index (χ1n) is 14.1. The molecule has 9 nitrogen and oxygen atoms in total. The minimum atomic E-state index is -0.610. The summed E-state index contributed by atoms with van der Waals surface area (Å²) in [5.74, 6) is -0.720. The Morgan fingerprint density at radius 3 is 2.63 bits per heavy atom. The van der Waals surface area contributed by atoms with Crippen molar-refractivity contribution >= 4 is 17.4 Å². The Labute approximate surface area is 240 Å². The van der Waals surface area contributed by atoms with Gasteiger partial charge in [0, 0.05) is 43.7 Å². The number of piperazine rings is 1. The highest BCUT2D eigenvalue weighted by Gasteiger charge is 2.44. The maximum Gasteiger partial charge on any atom is 0.318 e. The van der Waals surface area contributed by atoms with Crippen LogP contribution >= 0.6 is 0 Å². The van der Waals surface area contributed by atoms with Gasteiger partial charge < -0.3 is 24.3 Å². The number of aromatic nitrogens is 2. The van der Waals surface area contributed by atoms with E-state index >= 15 is 0 Å². The molecule has 0 N–H and O–H groups in total. The number of para-hydroxylation sites is 1. The van der Waals surface area contributed by atoms with Crippen LogP contribution in [0.3, 0.4) is 0 Å². The highest BCUT2D eigenvalue weighted by molar-refractivity contribution is 5.87. The van der Waals surface area contributed by atoms with Crippen molar-refractivity contribution in [3.63, 3.8) is 0 Å². The van der Waals surface area contributed by atoms with Gasteiger partial charge in [-0.3, -0.25) is 4.79 Å². The summed E-state index contributed by atoms with van der Waals surface area (Å²) in [6, 6.07) is 6.02. The van der Waals surface area contributed by atoms with Crippen LogP contribution in [0, 0.1) is 28.4 Å². The largest absolute Gasteiger partial charge is 0.463 e. The van der Waals surface area contributed by atoms with Crippen LogP contribution in [0.15, 0.2) is 30.9 Å². The first kappa shape index (κ1) is 28.7. The summed E-state index contributed by atoms with van der Waals surface area (Å²) in [7, 11) is 4.09. The first-order valence-corrected chi connectivity index (χ1v) is 14.1. The maximum absolute atomic E-state index is 14.8. The number of nitriles is 1. The molecule has 2 fully saturated rings. The predicted octanol–water partition coefficient (Wildman–Crippen LogP) is 3.55. The fourth-order valence-corrected chi connectivity index (χ4v) is 6.05. The molecular formula is C30H37F2N7O2. The molecule has 1 atom stereocenters. The third-order valence-electron chi connectivity index (χ3n) is 8.18. The van der Waals surface area contributed by atoms with Gasteiger partial charge in [-0.1, -0.05) is 12.6 Å². The van der Waals surface area contributed by atoms with Crippen LogP contribution in [0.5, 0.6) is 6.01 Å². The summed E-state index contributed by atoms with van der Waals surface area (Å²) in [6.07, 6.45) is 4.87. The number of nitrogens with zero attached hydrogens (tertiary/aromatic N) is 7. The smallest absolute Gasteiger partial charge is 0.318 e. The molecule has 1 aliphatic carbocycles. The molecule has 1 aromatic carbocycles. The highest BCUT2D eigenvalue weighted by atomic mass is 19.1. The van der Waals surface area contributed by atoms with E-state index in [4.69, 9.17) is 14.7 Å². The van der Waals surface area contributed by atoms with Gasteiger partial charge in [0.2, 0.25) is 5.91 Å². The Morgan fingerprint density at radius 1 is 1.22 bits per heavy atom. The van der Waals surface area contributed by atoms with Crippen molar-refractivity contribution in [2.45, 2.75) is 44.7 Å². The molecule has 0 spiro atoms. The standard InChI is InChI=1S/C30H37F2N7O2/c1-4-26(40)39-16-15-38(17-21(39)10-13-33)28-22-7-6-14-37(27-23(31)8-5-9-24(27)32)18-25(22)34-29(35-28)41-20-30(11-12-30)19-36(2)3/h4-5,8-9,21H,1,6-7,10-12,14-20H2,2-3H3/t21-/m0/s1. The summed E-state index contributed by atoms with van der Waals surface area (Å²) >= 11 is 0. The zero-order valence-corrected chi connectivity index (χ0v) is 23.8. The van der Waals surface area contributed by atoms with Crippen molar-refractivity contribution in [2.24, 2.45) is 5.41 Å².